The van der Waals surface area contributed by atoms with Crippen LogP contribution in [-0.4, -0.2) is 31.7 Å². The first-order valence-electron chi connectivity index (χ1n) is 6.70. The zero-order valence-electron chi connectivity index (χ0n) is 12.6. The number of Topliss-reactive ketones (excluding diaryl/α,β-unsaturated/α-hetero) is 1. The number of carbonyl (C=O) groups excluding carboxylic acids is 2. The van der Waals surface area contributed by atoms with Gasteiger partial charge >= 0.3 is 6.09 Å². The van der Waals surface area contributed by atoms with Crippen LogP contribution in [0.15, 0.2) is 39.3 Å². The van der Waals surface area contributed by atoms with Gasteiger partial charge in [-0.25, -0.2) is 4.79 Å². The second-order valence-corrected chi connectivity index (χ2v) is 6.32. The summed E-state index contributed by atoms with van der Waals surface area (Å²) < 4.78 is 12.0. The van der Waals surface area contributed by atoms with E-state index in [4.69, 9.17) is 14.3 Å². The van der Waals surface area contributed by atoms with E-state index in [1.54, 1.807) is 19.1 Å². The monoisotopic (exact) mass is 449 g/mol. The van der Waals surface area contributed by atoms with Gasteiger partial charge in [-0.1, -0.05) is 38.4 Å². The molecule has 0 unspecified atom stereocenters. The van der Waals surface area contributed by atoms with E-state index >= 15 is 0 Å². The van der Waals surface area contributed by atoms with Crippen molar-refractivity contribution in [2.45, 2.75) is 13.3 Å². The van der Waals surface area contributed by atoms with E-state index in [9.17, 15) is 9.59 Å². The molecule has 23 heavy (non-hydrogen) atoms. The van der Waals surface area contributed by atoms with Crippen LogP contribution in [0.3, 0.4) is 0 Å². The van der Waals surface area contributed by atoms with Gasteiger partial charge in [0, 0.05) is 15.4 Å². The zero-order valence-corrected chi connectivity index (χ0v) is 15.7. The van der Waals surface area contributed by atoms with Crippen molar-refractivity contribution >= 4 is 43.7 Å². The van der Waals surface area contributed by atoms with Crippen LogP contribution in [0.2, 0.25) is 0 Å². The van der Waals surface area contributed by atoms with E-state index in [1.807, 2.05) is 6.07 Å². The number of hydrogen-bond acceptors (Lipinski definition) is 5. The SMILES string of the molecule is C=C(C)C(=O)CCONC(=O)OCCOc1cc(Br)cc(Br)c1. The first-order valence-corrected chi connectivity index (χ1v) is 8.29. The molecule has 1 amide bonds. The Morgan fingerprint density at radius 2 is 1.78 bits per heavy atom. The lowest BCUT2D eigenvalue weighted by Gasteiger charge is -2.09. The third-order valence-electron chi connectivity index (χ3n) is 2.48. The standard InChI is InChI=1S/C15H17Br2NO5/c1-10(2)14(19)3-4-23-18-15(20)22-6-5-21-13-8-11(16)7-12(17)9-13/h7-9H,1,3-6H2,2H3,(H,18,20). The molecule has 0 saturated heterocycles. The molecule has 0 bridgehead atoms. The molecule has 0 spiro atoms. The maximum Gasteiger partial charge on any atom is 0.431 e. The minimum absolute atomic E-state index is 0.0589. The van der Waals surface area contributed by atoms with Gasteiger partial charge in [0.1, 0.15) is 19.0 Å². The number of carbonyl (C=O) groups is 2. The smallest absolute Gasteiger partial charge is 0.431 e. The minimum Gasteiger partial charge on any atom is -0.490 e. The van der Waals surface area contributed by atoms with Crippen molar-refractivity contribution in [3.05, 3.63) is 39.3 Å². The zero-order chi connectivity index (χ0) is 17.2. The molecule has 126 valence electrons. The fourth-order valence-corrected chi connectivity index (χ4v) is 2.65. The van der Waals surface area contributed by atoms with E-state index in [0.717, 1.165) is 8.95 Å². The topological polar surface area (TPSA) is 73.9 Å². The van der Waals surface area contributed by atoms with Crippen molar-refractivity contribution in [2.24, 2.45) is 0 Å². The van der Waals surface area contributed by atoms with Gasteiger partial charge in [-0.15, -0.1) is 0 Å². The van der Waals surface area contributed by atoms with Crippen LogP contribution in [-0.2, 0) is 14.4 Å². The van der Waals surface area contributed by atoms with Crippen LogP contribution in [0.5, 0.6) is 5.75 Å². The average molecular weight is 451 g/mol. The average Bonchev–Trinajstić information content (AvgIpc) is 2.46. The largest absolute Gasteiger partial charge is 0.490 e. The lowest BCUT2D eigenvalue weighted by molar-refractivity contribution is -0.117. The number of rotatable bonds is 9. The molecule has 6 nitrogen and oxygen atoms in total. The molecule has 0 radical (unpaired) electrons. The Balaban J connectivity index is 2.12. The molecule has 0 fully saturated rings. The summed E-state index contributed by atoms with van der Waals surface area (Å²) >= 11 is 6.70. The van der Waals surface area contributed by atoms with Gasteiger partial charge in [0.25, 0.3) is 0 Å². The third kappa shape index (κ3) is 8.73. The molecule has 0 aromatic heterocycles. The lowest BCUT2D eigenvalue weighted by Crippen LogP contribution is -2.27. The van der Waals surface area contributed by atoms with Gasteiger partial charge in [-0.3, -0.25) is 9.63 Å². The molecule has 1 N–H and O–H groups in total. The van der Waals surface area contributed by atoms with Crippen LogP contribution >= 0.6 is 31.9 Å². The normalized spacial score (nSPS) is 10.0. The molecule has 8 heteroatoms. The highest BCUT2D eigenvalue weighted by Gasteiger charge is 2.05. The second kappa shape index (κ2) is 10.4. The van der Waals surface area contributed by atoms with Crippen molar-refractivity contribution in [3.8, 4) is 5.75 Å². The molecule has 1 aromatic carbocycles. The minimum atomic E-state index is -0.744. The van der Waals surface area contributed by atoms with E-state index in [-0.39, 0.29) is 32.0 Å². The number of halogens is 2. The van der Waals surface area contributed by atoms with Gasteiger partial charge in [0.15, 0.2) is 5.78 Å². The summed E-state index contributed by atoms with van der Waals surface area (Å²) in [5.74, 6) is 0.526. The maximum atomic E-state index is 11.3. The van der Waals surface area contributed by atoms with Crippen molar-refractivity contribution in [3.63, 3.8) is 0 Å². The molecule has 0 heterocycles. The predicted molar refractivity (Wildman–Crippen MR) is 92.2 cm³/mol. The van der Waals surface area contributed by atoms with Crippen LogP contribution in [0.4, 0.5) is 4.79 Å². The van der Waals surface area contributed by atoms with Gasteiger partial charge in [0.05, 0.1) is 6.61 Å². The molecular formula is C15H17Br2NO5. The Labute approximate surface area is 151 Å². The number of ketones is 1. The molecule has 0 saturated carbocycles. The molecule has 0 aliphatic rings. The fourth-order valence-electron chi connectivity index (χ4n) is 1.40. The van der Waals surface area contributed by atoms with Crippen molar-refractivity contribution in [1.82, 2.24) is 5.48 Å². The number of nitrogens with one attached hydrogen (secondary N) is 1. The summed E-state index contributed by atoms with van der Waals surface area (Å²) in [6.45, 7) is 5.45. The van der Waals surface area contributed by atoms with Gasteiger partial charge in [0.2, 0.25) is 0 Å². The Hall–Kier alpha value is -1.38. The third-order valence-corrected chi connectivity index (χ3v) is 3.40. The van der Waals surface area contributed by atoms with Crippen molar-refractivity contribution in [1.29, 1.82) is 0 Å². The highest BCUT2D eigenvalue weighted by Crippen LogP contribution is 2.24. The van der Waals surface area contributed by atoms with Gasteiger partial charge in [-0.05, 0) is 30.7 Å². The lowest BCUT2D eigenvalue weighted by atomic mass is 10.2. The highest BCUT2D eigenvalue weighted by atomic mass is 79.9. The summed E-state index contributed by atoms with van der Waals surface area (Å²) in [7, 11) is 0. The van der Waals surface area contributed by atoms with Crippen LogP contribution in [0.25, 0.3) is 0 Å². The Morgan fingerprint density at radius 3 is 2.39 bits per heavy atom. The van der Waals surface area contributed by atoms with E-state index in [1.165, 1.54) is 0 Å². The first kappa shape index (κ1) is 19.7. The Morgan fingerprint density at radius 1 is 1.13 bits per heavy atom. The summed E-state index contributed by atoms with van der Waals surface area (Å²) in [4.78, 5) is 27.4. The van der Waals surface area contributed by atoms with Crippen LogP contribution in [0.1, 0.15) is 13.3 Å². The predicted octanol–water partition coefficient (Wildman–Crippen LogP) is 3.78. The summed E-state index contributed by atoms with van der Waals surface area (Å²) in [6, 6.07) is 5.48. The number of ether oxygens (including phenoxy) is 2. The van der Waals surface area contributed by atoms with Crippen molar-refractivity contribution < 1.29 is 23.9 Å². The van der Waals surface area contributed by atoms with E-state index in [0.29, 0.717) is 11.3 Å². The highest BCUT2D eigenvalue weighted by molar-refractivity contribution is 9.11. The molecular weight excluding hydrogens is 434 g/mol. The molecule has 1 rings (SSSR count). The molecule has 0 atom stereocenters. The fraction of sp³-hybridized carbons (Fsp3) is 0.333. The first-order chi connectivity index (χ1) is 10.9. The maximum absolute atomic E-state index is 11.3. The quantitative estimate of drug-likeness (QED) is 0.352. The summed E-state index contributed by atoms with van der Waals surface area (Å²) in [5, 5.41) is 0. The van der Waals surface area contributed by atoms with Gasteiger partial charge < -0.3 is 9.47 Å². The van der Waals surface area contributed by atoms with Crippen LogP contribution in [0, 0.1) is 0 Å². The number of hydrogen-bond donors (Lipinski definition) is 1. The number of amides is 1. The number of hydroxylamine groups is 1. The van der Waals surface area contributed by atoms with Crippen molar-refractivity contribution in [2.75, 3.05) is 19.8 Å². The Bertz CT molecular complexity index is 557. The second-order valence-electron chi connectivity index (χ2n) is 4.49. The molecule has 0 aliphatic carbocycles. The van der Waals surface area contributed by atoms with E-state index < -0.39 is 6.09 Å². The van der Waals surface area contributed by atoms with Crippen LogP contribution < -0.4 is 10.2 Å². The number of allylic oxidation sites excluding steroid dienone is 1. The Kier molecular flexibility index (Phi) is 8.90. The van der Waals surface area contributed by atoms with E-state index in [2.05, 4.69) is 43.9 Å². The summed E-state index contributed by atoms with van der Waals surface area (Å²) in [6.07, 6.45) is -0.594. The molecule has 1 aromatic rings. The summed E-state index contributed by atoms with van der Waals surface area (Å²) in [5.41, 5.74) is 2.53. The van der Waals surface area contributed by atoms with Gasteiger partial charge in [-0.2, -0.15) is 5.48 Å². The molecule has 0 aliphatic heterocycles. The number of benzene rings is 1.